The van der Waals surface area contributed by atoms with Crippen LogP contribution in [0.15, 0.2) is 24.3 Å². The fourth-order valence-corrected chi connectivity index (χ4v) is 3.12. The van der Waals surface area contributed by atoms with Crippen LogP contribution in [-0.4, -0.2) is 24.6 Å². The quantitative estimate of drug-likeness (QED) is 0.849. The lowest BCUT2D eigenvalue weighted by Gasteiger charge is -2.31. The van der Waals surface area contributed by atoms with E-state index in [0.29, 0.717) is 18.9 Å². The molecule has 2 rings (SSSR count). The van der Waals surface area contributed by atoms with E-state index in [1.165, 1.54) is 12.8 Å². The minimum absolute atomic E-state index is 0.0760. The monoisotopic (exact) mass is 304 g/mol. The summed E-state index contributed by atoms with van der Waals surface area (Å²) in [6.07, 6.45) is 5.10. The highest BCUT2D eigenvalue weighted by Gasteiger charge is 2.25. The standard InChI is InChI=1S/C18H28N2O2/c1-13(2)22-16-8-5-6-14(10-16)11-18(21)20-17-9-4-3-7-15(17)12-19/h5-6,8,10,13,15,17H,3-4,7,9,11-12,19H2,1-2H3,(H,20,21). The van der Waals surface area contributed by atoms with Crippen LogP contribution in [0.2, 0.25) is 0 Å². The molecule has 1 aromatic carbocycles. The molecule has 3 N–H and O–H groups in total. The normalized spacial score (nSPS) is 21.6. The second kappa shape index (κ2) is 8.18. The Bertz CT molecular complexity index is 488. The number of hydrogen-bond acceptors (Lipinski definition) is 3. The van der Waals surface area contributed by atoms with Crippen molar-refractivity contribution >= 4 is 5.91 Å². The maximum absolute atomic E-state index is 12.3. The number of ether oxygens (including phenoxy) is 1. The van der Waals surface area contributed by atoms with E-state index in [4.69, 9.17) is 10.5 Å². The molecule has 4 nitrogen and oxygen atoms in total. The van der Waals surface area contributed by atoms with E-state index >= 15 is 0 Å². The first-order valence-corrected chi connectivity index (χ1v) is 8.33. The van der Waals surface area contributed by atoms with E-state index < -0.39 is 0 Å². The van der Waals surface area contributed by atoms with Crippen LogP contribution in [-0.2, 0) is 11.2 Å². The second-order valence-corrected chi connectivity index (χ2v) is 6.45. The summed E-state index contributed by atoms with van der Waals surface area (Å²) < 4.78 is 5.67. The zero-order valence-corrected chi connectivity index (χ0v) is 13.7. The molecule has 0 aromatic heterocycles. The molecule has 1 fully saturated rings. The van der Waals surface area contributed by atoms with Crippen molar-refractivity contribution in [2.45, 2.75) is 58.1 Å². The molecule has 1 saturated carbocycles. The fourth-order valence-electron chi connectivity index (χ4n) is 3.12. The fraction of sp³-hybridized carbons (Fsp3) is 0.611. The Morgan fingerprint density at radius 2 is 2.14 bits per heavy atom. The topological polar surface area (TPSA) is 64.3 Å². The lowest BCUT2D eigenvalue weighted by Crippen LogP contribution is -2.45. The third-order valence-corrected chi connectivity index (χ3v) is 4.19. The summed E-state index contributed by atoms with van der Waals surface area (Å²) in [5.74, 6) is 1.32. The van der Waals surface area contributed by atoms with Crippen LogP contribution in [0.1, 0.15) is 45.1 Å². The minimum atomic E-state index is 0.0760. The Hall–Kier alpha value is -1.55. The zero-order valence-electron chi connectivity index (χ0n) is 13.7. The molecule has 0 saturated heterocycles. The van der Waals surface area contributed by atoms with Gasteiger partial charge in [-0.05, 0) is 56.8 Å². The van der Waals surface area contributed by atoms with E-state index in [-0.39, 0.29) is 18.1 Å². The van der Waals surface area contributed by atoms with Gasteiger partial charge in [-0.3, -0.25) is 4.79 Å². The highest BCUT2D eigenvalue weighted by Crippen LogP contribution is 2.23. The molecular weight excluding hydrogens is 276 g/mol. The third-order valence-electron chi connectivity index (χ3n) is 4.19. The Kier molecular flexibility index (Phi) is 6.25. The van der Waals surface area contributed by atoms with Crippen LogP contribution in [0.5, 0.6) is 5.75 Å². The highest BCUT2D eigenvalue weighted by molar-refractivity contribution is 5.79. The van der Waals surface area contributed by atoms with Gasteiger partial charge in [0.1, 0.15) is 5.75 Å². The minimum Gasteiger partial charge on any atom is -0.491 e. The van der Waals surface area contributed by atoms with Crippen molar-refractivity contribution in [3.8, 4) is 5.75 Å². The van der Waals surface area contributed by atoms with Crippen molar-refractivity contribution in [1.82, 2.24) is 5.32 Å². The SMILES string of the molecule is CC(C)Oc1cccc(CC(=O)NC2CCCCC2CN)c1. The van der Waals surface area contributed by atoms with Gasteiger partial charge in [0.05, 0.1) is 12.5 Å². The second-order valence-electron chi connectivity index (χ2n) is 6.45. The average molecular weight is 304 g/mol. The zero-order chi connectivity index (χ0) is 15.9. The van der Waals surface area contributed by atoms with Crippen molar-refractivity contribution in [3.63, 3.8) is 0 Å². The lowest BCUT2D eigenvalue weighted by molar-refractivity contribution is -0.121. The van der Waals surface area contributed by atoms with Gasteiger partial charge >= 0.3 is 0 Å². The van der Waals surface area contributed by atoms with Gasteiger partial charge in [-0.1, -0.05) is 25.0 Å². The van der Waals surface area contributed by atoms with Gasteiger partial charge in [-0.25, -0.2) is 0 Å². The van der Waals surface area contributed by atoms with Crippen LogP contribution in [0.4, 0.5) is 0 Å². The lowest BCUT2D eigenvalue weighted by atomic mass is 9.84. The molecule has 0 bridgehead atoms. The Balaban J connectivity index is 1.91. The van der Waals surface area contributed by atoms with E-state index in [9.17, 15) is 4.79 Å². The molecule has 0 spiro atoms. The number of rotatable bonds is 6. The molecule has 2 unspecified atom stereocenters. The van der Waals surface area contributed by atoms with Crippen LogP contribution >= 0.6 is 0 Å². The number of benzene rings is 1. The summed E-state index contributed by atoms with van der Waals surface area (Å²) in [5.41, 5.74) is 6.80. The van der Waals surface area contributed by atoms with Crippen LogP contribution in [0.25, 0.3) is 0 Å². The summed E-state index contributed by atoms with van der Waals surface area (Å²) in [5, 5.41) is 3.17. The number of amides is 1. The molecule has 0 aliphatic heterocycles. The van der Waals surface area contributed by atoms with Crippen molar-refractivity contribution in [2.75, 3.05) is 6.54 Å². The summed E-state index contributed by atoms with van der Waals surface area (Å²) >= 11 is 0. The van der Waals surface area contributed by atoms with Crippen molar-refractivity contribution in [1.29, 1.82) is 0 Å². The number of nitrogens with two attached hydrogens (primary N) is 1. The molecule has 1 aliphatic rings. The molecule has 0 radical (unpaired) electrons. The van der Waals surface area contributed by atoms with E-state index in [0.717, 1.165) is 24.2 Å². The summed E-state index contributed by atoms with van der Waals surface area (Å²) in [7, 11) is 0. The van der Waals surface area contributed by atoms with Crippen LogP contribution in [0, 0.1) is 5.92 Å². The molecule has 0 heterocycles. The van der Waals surface area contributed by atoms with Crippen LogP contribution in [0.3, 0.4) is 0 Å². The maximum Gasteiger partial charge on any atom is 0.224 e. The smallest absolute Gasteiger partial charge is 0.224 e. The number of hydrogen-bond donors (Lipinski definition) is 2. The first kappa shape index (κ1) is 16.8. The molecule has 1 aromatic rings. The molecule has 2 atom stereocenters. The Labute approximate surface area is 133 Å². The molecule has 122 valence electrons. The molecule has 1 aliphatic carbocycles. The summed E-state index contributed by atoms with van der Waals surface area (Å²) in [4.78, 5) is 12.3. The maximum atomic E-state index is 12.3. The Morgan fingerprint density at radius 3 is 2.86 bits per heavy atom. The first-order chi connectivity index (χ1) is 10.6. The average Bonchev–Trinajstić information content (AvgIpc) is 2.47. The molecule has 1 amide bonds. The molecule has 4 heteroatoms. The van der Waals surface area contributed by atoms with Gasteiger partial charge in [0.15, 0.2) is 0 Å². The van der Waals surface area contributed by atoms with Crippen molar-refractivity contribution in [2.24, 2.45) is 11.7 Å². The highest BCUT2D eigenvalue weighted by atomic mass is 16.5. The van der Waals surface area contributed by atoms with Gasteiger partial charge in [0.2, 0.25) is 5.91 Å². The Morgan fingerprint density at radius 1 is 1.36 bits per heavy atom. The van der Waals surface area contributed by atoms with E-state index in [1.54, 1.807) is 0 Å². The van der Waals surface area contributed by atoms with E-state index in [2.05, 4.69) is 5.32 Å². The van der Waals surface area contributed by atoms with E-state index in [1.807, 2.05) is 38.1 Å². The summed E-state index contributed by atoms with van der Waals surface area (Å²) in [6.45, 7) is 4.65. The molecular formula is C18H28N2O2. The van der Waals surface area contributed by atoms with Crippen LogP contribution < -0.4 is 15.8 Å². The third kappa shape index (κ3) is 5.02. The van der Waals surface area contributed by atoms with Gasteiger partial charge in [0, 0.05) is 6.04 Å². The van der Waals surface area contributed by atoms with Crippen molar-refractivity contribution < 1.29 is 9.53 Å². The largest absolute Gasteiger partial charge is 0.491 e. The van der Waals surface area contributed by atoms with Gasteiger partial charge in [-0.15, -0.1) is 0 Å². The van der Waals surface area contributed by atoms with Gasteiger partial charge in [0.25, 0.3) is 0 Å². The van der Waals surface area contributed by atoms with Crippen molar-refractivity contribution in [3.05, 3.63) is 29.8 Å². The number of carbonyl (C=O) groups excluding carboxylic acids is 1. The molecule has 22 heavy (non-hydrogen) atoms. The first-order valence-electron chi connectivity index (χ1n) is 8.33. The van der Waals surface area contributed by atoms with Gasteiger partial charge < -0.3 is 15.8 Å². The summed E-state index contributed by atoms with van der Waals surface area (Å²) in [6, 6.07) is 8.01. The van der Waals surface area contributed by atoms with Gasteiger partial charge in [-0.2, -0.15) is 0 Å². The number of carbonyl (C=O) groups is 1. The number of nitrogens with one attached hydrogen (secondary N) is 1. The predicted molar refractivity (Wildman–Crippen MR) is 88.9 cm³/mol. The predicted octanol–water partition coefficient (Wildman–Crippen LogP) is 2.65.